The molecule has 3 radical (unpaired) electrons. The number of nitrogens with zero attached hydrogens (tertiary/aromatic N) is 3. The van der Waals surface area contributed by atoms with Crippen LogP contribution in [0, 0.1) is 0 Å². The second kappa shape index (κ2) is 7.56. The molecule has 1 rings (SSSR count). The Labute approximate surface area is 108 Å². The molecule has 0 N–H and O–H groups in total. The molecule has 5 nitrogen and oxygen atoms in total. The maximum absolute atomic E-state index is 5.29. The zero-order chi connectivity index (χ0) is 11.8. The van der Waals surface area contributed by atoms with Gasteiger partial charge in [-0.1, -0.05) is 0 Å². The summed E-state index contributed by atoms with van der Waals surface area (Å²) in [6, 6.07) is 3.71. The van der Waals surface area contributed by atoms with Gasteiger partial charge in [0.2, 0.25) is 0 Å². The van der Waals surface area contributed by atoms with Crippen LogP contribution < -0.4 is 4.74 Å². The number of rotatable bonds is 6. The number of methoxy groups -OCH3 is 1. The van der Waals surface area contributed by atoms with E-state index in [9.17, 15) is 0 Å². The number of ether oxygens (including phenoxy) is 2. The number of aromatic nitrogens is 2. The van der Waals surface area contributed by atoms with E-state index in [1.54, 1.807) is 19.4 Å². The van der Waals surface area contributed by atoms with E-state index < -0.39 is 0 Å². The molecule has 0 bridgehead atoms. The first-order valence-corrected chi connectivity index (χ1v) is 6.91. The van der Waals surface area contributed by atoms with Gasteiger partial charge in [0, 0.05) is 0 Å². The Morgan fingerprint density at radius 1 is 1.50 bits per heavy atom. The van der Waals surface area contributed by atoms with E-state index in [2.05, 4.69) is 15.2 Å². The monoisotopic (exact) mass is 328 g/mol. The van der Waals surface area contributed by atoms with E-state index in [0.29, 0.717) is 12.5 Å². The first kappa shape index (κ1) is 13.4. The predicted molar refractivity (Wildman–Crippen MR) is 62.2 cm³/mol. The molecule has 1 atom stereocenters. The van der Waals surface area contributed by atoms with Gasteiger partial charge in [0.1, 0.15) is 0 Å². The summed E-state index contributed by atoms with van der Waals surface area (Å²) in [5.74, 6) is 0.503. The molecular formula is C10H14N3O2Sn. The second-order valence-electron chi connectivity index (χ2n) is 3.14. The summed E-state index contributed by atoms with van der Waals surface area (Å²) in [7, 11) is 1.56. The fraction of sp³-hybridized carbons (Fsp3) is 0.500. The van der Waals surface area contributed by atoms with E-state index in [4.69, 9.17) is 9.47 Å². The number of hydrogen-bond donors (Lipinski definition) is 0. The number of hydrogen-bond acceptors (Lipinski definition) is 5. The minimum absolute atomic E-state index is 0.143. The van der Waals surface area contributed by atoms with Gasteiger partial charge in [-0.2, -0.15) is 0 Å². The average molecular weight is 327 g/mol. The first-order valence-electron chi connectivity index (χ1n) is 4.89. The van der Waals surface area contributed by atoms with Crippen molar-refractivity contribution in [1.29, 1.82) is 0 Å². The molecule has 0 aliphatic heterocycles. The van der Waals surface area contributed by atoms with Crippen LogP contribution >= 0.6 is 0 Å². The standard InChI is InChI=1S/C10H14N3O2.Sn/c1-8(7-14-2)11-6-9-4-5-10(15-3)13-12-9;/h4-6,8H,2,7H2,1,3H3;. The molecule has 1 heterocycles. The minimum atomic E-state index is 0.143. The van der Waals surface area contributed by atoms with Crippen molar-refractivity contribution in [2.24, 2.45) is 4.99 Å². The van der Waals surface area contributed by atoms with Crippen LogP contribution in [0.15, 0.2) is 17.1 Å². The van der Waals surface area contributed by atoms with Crippen molar-refractivity contribution in [2.75, 3.05) is 18.3 Å². The van der Waals surface area contributed by atoms with Gasteiger partial charge in [-0.15, -0.1) is 0 Å². The molecule has 0 spiro atoms. The van der Waals surface area contributed by atoms with Crippen LogP contribution in [0.2, 0.25) is 0 Å². The van der Waals surface area contributed by atoms with Gasteiger partial charge in [0.15, 0.2) is 0 Å². The first-order chi connectivity index (χ1) is 7.76. The SMILES string of the molecule is COc1ccc(C=NC(C)CO[CH2][Sn])nn1. The third-order valence-corrected chi connectivity index (χ3v) is 2.37. The van der Waals surface area contributed by atoms with Crippen LogP contribution in [-0.2, 0) is 4.74 Å². The molecular weight excluding hydrogens is 313 g/mol. The van der Waals surface area contributed by atoms with Gasteiger partial charge >= 0.3 is 108 Å². The third kappa shape index (κ3) is 4.89. The number of aliphatic imine (C=N–C) groups is 1. The Hall–Kier alpha value is -0.691. The predicted octanol–water partition coefficient (Wildman–Crippen LogP) is 0.435. The molecule has 1 aromatic rings. The Morgan fingerprint density at radius 2 is 2.31 bits per heavy atom. The average Bonchev–Trinajstić information content (AvgIpc) is 2.34. The Bertz CT molecular complexity index is 329. The summed E-state index contributed by atoms with van der Waals surface area (Å²) in [5.41, 5.74) is 0.718. The summed E-state index contributed by atoms with van der Waals surface area (Å²) >= 11 is 1.38. The fourth-order valence-electron chi connectivity index (χ4n) is 0.984. The van der Waals surface area contributed by atoms with Crippen LogP contribution in [-0.4, -0.2) is 63.3 Å². The molecule has 0 saturated heterocycles. The van der Waals surface area contributed by atoms with Crippen molar-refractivity contribution in [3.63, 3.8) is 0 Å². The Kier molecular flexibility index (Phi) is 6.32. The van der Waals surface area contributed by atoms with Crippen LogP contribution in [0.4, 0.5) is 0 Å². The zero-order valence-corrected chi connectivity index (χ0v) is 12.2. The molecule has 0 fully saturated rings. The van der Waals surface area contributed by atoms with Crippen LogP contribution in [0.25, 0.3) is 0 Å². The van der Waals surface area contributed by atoms with E-state index in [1.807, 2.05) is 13.0 Å². The maximum atomic E-state index is 5.29. The Morgan fingerprint density at radius 3 is 2.88 bits per heavy atom. The summed E-state index contributed by atoms with van der Waals surface area (Å²) < 4.78 is 11.0. The van der Waals surface area contributed by atoms with Gasteiger partial charge in [0.25, 0.3) is 0 Å². The van der Waals surface area contributed by atoms with Crippen molar-refractivity contribution in [2.45, 2.75) is 13.0 Å². The van der Waals surface area contributed by atoms with Crippen LogP contribution in [0.1, 0.15) is 12.6 Å². The molecule has 1 aromatic heterocycles. The van der Waals surface area contributed by atoms with E-state index in [-0.39, 0.29) is 6.04 Å². The fourth-order valence-corrected chi connectivity index (χ4v) is 1.32. The van der Waals surface area contributed by atoms with Gasteiger partial charge in [-0.25, -0.2) is 0 Å². The molecule has 0 aliphatic rings. The zero-order valence-electron chi connectivity index (χ0n) is 9.38. The van der Waals surface area contributed by atoms with Gasteiger partial charge in [-0.05, 0) is 0 Å². The van der Waals surface area contributed by atoms with Crippen molar-refractivity contribution in [1.82, 2.24) is 10.2 Å². The van der Waals surface area contributed by atoms with Crippen LogP contribution in [0.3, 0.4) is 0 Å². The van der Waals surface area contributed by atoms with Gasteiger partial charge in [-0.3, -0.25) is 0 Å². The van der Waals surface area contributed by atoms with Crippen LogP contribution in [0.5, 0.6) is 5.88 Å². The normalized spacial score (nSPS) is 12.9. The molecule has 0 aromatic carbocycles. The van der Waals surface area contributed by atoms with Gasteiger partial charge < -0.3 is 0 Å². The van der Waals surface area contributed by atoms with E-state index in [0.717, 1.165) is 10.3 Å². The summed E-state index contributed by atoms with van der Waals surface area (Å²) in [6.45, 7) is 2.64. The molecule has 0 aliphatic carbocycles. The second-order valence-corrected chi connectivity index (χ2v) is 3.97. The summed E-state index contributed by atoms with van der Waals surface area (Å²) in [4.78, 5) is 4.30. The summed E-state index contributed by atoms with van der Waals surface area (Å²) in [5, 5.41) is 7.79. The molecule has 0 amide bonds. The quantitative estimate of drug-likeness (QED) is 0.562. The Balaban J connectivity index is 2.48. The summed E-state index contributed by atoms with van der Waals surface area (Å²) in [6.07, 6.45) is 1.70. The third-order valence-electron chi connectivity index (χ3n) is 1.79. The molecule has 16 heavy (non-hydrogen) atoms. The van der Waals surface area contributed by atoms with Crippen molar-refractivity contribution in [3.8, 4) is 5.88 Å². The molecule has 85 valence electrons. The van der Waals surface area contributed by atoms with E-state index >= 15 is 0 Å². The van der Waals surface area contributed by atoms with Crippen molar-refractivity contribution >= 4 is 28.7 Å². The topological polar surface area (TPSA) is 56.6 Å². The van der Waals surface area contributed by atoms with Crippen molar-refractivity contribution in [3.05, 3.63) is 17.8 Å². The molecule has 1 unspecified atom stereocenters. The van der Waals surface area contributed by atoms with Gasteiger partial charge in [0.05, 0.1) is 0 Å². The van der Waals surface area contributed by atoms with Crippen molar-refractivity contribution < 1.29 is 9.47 Å². The molecule has 6 heteroatoms. The van der Waals surface area contributed by atoms with E-state index in [1.165, 1.54) is 22.5 Å². The molecule has 0 saturated carbocycles.